The first-order chi connectivity index (χ1) is 32.5. The smallest absolute Gasteiger partial charge is 0.307 e. The number of hydrogen-bond acceptors (Lipinski definition) is 6. The van der Waals surface area contributed by atoms with Crippen LogP contribution >= 0.6 is 16.3 Å². The van der Waals surface area contributed by atoms with E-state index < -0.39 is 16.3 Å². The van der Waals surface area contributed by atoms with Crippen LogP contribution in [-0.4, -0.2) is 12.1 Å². The molecule has 0 atom stereocenters. The molecule has 0 saturated carbocycles. The van der Waals surface area contributed by atoms with Crippen LogP contribution in [0.2, 0.25) is 0 Å². The quantitative estimate of drug-likeness (QED) is 0.173. The molecule has 0 aliphatic rings. The third kappa shape index (κ3) is 13.7. The summed E-state index contributed by atoms with van der Waals surface area (Å²) < 4.78 is 27.4. The van der Waals surface area contributed by atoms with Crippen molar-refractivity contribution in [2.75, 3.05) is 10.2 Å². The zero-order valence-corrected chi connectivity index (χ0v) is 52.5. The highest BCUT2D eigenvalue weighted by Gasteiger charge is 2.31. The molecule has 2 aromatic heterocycles. The van der Waals surface area contributed by atoms with Gasteiger partial charge in [-0.15, -0.1) is 0 Å². The molecule has 0 spiro atoms. The van der Waals surface area contributed by atoms with Crippen LogP contribution in [0.3, 0.4) is 0 Å². The van der Waals surface area contributed by atoms with E-state index in [0.29, 0.717) is 6.04 Å². The maximum absolute atomic E-state index is 6.92. The molecule has 6 nitrogen and oxygen atoms in total. The molecule has 4 aromatic carbocycles. The van der Waals surface area contributed by atoms with Crippen LogP contribution in [0, 0.1) is 0 Å². The molecule has 0 fully saturated rings. The number of nitrogens with one attached hydrogen (secondary N) is 2. The van der Waals surface area contributed by atoms with E-state index >= 15 is 0 Å². The highest BCUT2D eigenvalue weighted by Crippen LogP contribution is 2.47. The number of hydrogen-bond donors (Lipinski definition) is 2. The van der Waals surface area contributed by atoms with Crippen molar-refractivity contribution in [1.29, 1.82) is 0 Å². The van der Waals surface area contributed by atoms with Gasteiger partial charge >= 0.3 is 16.3 Å². The van der Waals surface area contributed by atoms with Crippen LogP contribution in [-0.2, 0) is 43.3 Å². The van der Waals surface area contributed by atoms with E-state index in [0.717, 1.165) is 56.7 Å². The van der Waals surface area contributed by atoms with Crippen LogP contribution in [0.4, 0.5) is 0 Å². The van der Waals surface area contributed by atoms with Crippen molar-refractivity contribution in [3.63, 3.8) is 0 Å². The molecule has 0 unspecified atom stereocenters. The van der Waals surface area contributed by atoms with E-state index in [-0.39, 0.29) is 49.4 Å². The molecule has 6 aromatic rings. The predicted molar refractivity (Wildman–Crippen MR) is 320 cm³/mol. The second-order valence-corrected chi connectivity index (χ2v) is 31.7. The van der Waals surface area contributed by atoms with E-state index in [4.69, 9.17) is 16.8 Å². The van der Waals surface area contributed by atoms with E-state index in [9.17, 15) is 0 Å². The second kappa shape index (κ2) is 20.6. The van der Waals surface area contributed by atoms with Gasteiger partial charge in [-0.05, 0) is 117 Å². The summed E-state index contributed by atoms with van der Waals surface area (Å²) >= 11 is 0. The van der Waals surface area contributed by atoms with Crippen molar-refractivity contribution in [1.82, 2.24) is 0 Å². The van der Waals surface area contributed by atoms with Crippen molar-refractivity contribution in [3.05, 3.63) is 93.0 Å². The molecule has 0 amide bonds. The topological polar surface area (TPSA) is 76.6 Å². The molecular formula is C64H100N2O4P2. The van der Waals surface area contributed by atoms with Gasteiger partial charge in [0, 0.05) is 55.9 Å². The Hall–Kier alpha value is -3.40. The average molecular weight is 1020 g/mol. The largest absolute Gasteiger partial charge is 0.408 e. The van der Waals surface area contributed by atoms with Gasteiger partial charge in [-0.2, -0.15) is 0 Å². The Morgan fingerprint density at radius 1 is 0.333 bits per heavy atom. The fourth-order valence-corrected chi connectivity index (χ4v) is 11.8. The fourth-order valence-electron chi connectivity index (χ4n) is 8.97. The minimum absolute atomic E-state index is 0.00928. The van der Waals surface area contributed by atoms with Gasteiger partial charge in [0.05, 0.1) is 0 Å². The zero-order valence-electron chi connectivity index (χ0n) is 50.7. The Balaban J connectivity index is 0.000000268. The van der Waals surface area contributed by atoms with Gasteiger partial charge in [0.1, 0.15) is 22.3 Å². The van der Waals surface area contributed by atoms with Crippen molar-refractivity contribution in [3.8, 4) is 0 Å². The van der Waals surface area contributed by atoms with Crippen molar-refractivity contribution >= 4 is 60.2 Å². The lowest BCUT2D eigenvalue weighted by Gasteiger charge is -2.27. The molecule has 2 heterocycles. The molecule has 0 radical (unpaired) electrons. The van der Waals surface area contributed by atoms with Crippen LogP contribution in [0.5, 0.6) is 0 Å². The summed E-state index contributed by atoms with van der Waals surface area (Å²) in [7, 11) is -2.74. The summed E-state index contributed by atoms with van der Waals surface area (Å²) in [5, 5.41) is 11.9. The molecule has 8 heteroatoms. The number of fused-ring (bicyclic) bond motifs is 6. The summed E-state index contributed by atoms with van der Waals surface area (Å²) in [5.41, 5.74) is 13.8. The number of benzene rings is 4. The Morgan fingerprint density at radius 3 is 0.708 bits per heavy atom. The molecule has 0 aliphatic carbocycles. The molecule has 6 rings (SSSR count). The molecule has 0 aliphatic heterocycles. The summed E-state index contributed by atoms with van der Waals surface area (Å²) in [6.07, 6.45) is 2.07. The molecule has 0 bridgehead atoms. The maximum Gasteiger partial charge on any atom is 0.307 e. The minimum Gasteiger partial charge on any atom is -0.408 e. The minimum atomic E-state index is -1.37. The Bertz CT molecular complexity index is 2790. The van der Waals surface area contributed by atoms with Gasteiger partial charge in [-0.3, -0.25) is 0 Å². The van der Waals surface area contributed by atoms with Crippen LogP contribution in [0.15, 0.2) is 65.3 Å². The van der Waals surface area contributed by atoms with Gasteiger partial charge in [0.2, 0.25) is 0 Å². The molecule has 2 N–H and O–H groups in total. The summed E-state index contributed by atoms with van der Waals surface area (Å²) in [4.78, 5) is 0. The number of rotatable bonds is 6. The Morgan fingerprint density at radius 2 is 0.542 bits per heavy atom. The van der Waals surface area contributed by atoms with Crippen LogP contribution < -0.4 is 10.2 Å². The Kier molecular flexibility index (Phi) is 17.0. The predicted octanol–water partition coefficient (Wildman–Crippen LogP) is 21.6. The second-order valence-electron chi connectivity index (χ2n) is 29.4. The third-order valence-electron chi connectivity index (χ3n) is 14.0. The standard InChI is InChI=1S/C33H52NO2P.C31H48NO2P/c1-15-23(16-2)34-37-35-28-24(17-21(30(3,4)5)19-26(28)32(9,10)11)25-18-22(31(6,7)8)20-27(29(25)36-37)33(12,13)14;1-19(2)32-35-33-26-22(15-20(28(3,4)5)17-24(26)30(9,10)11)23-16-21(29(6,7)8)18-25(27(23)34-35)31(12,13)14/h17-20,23,34H,15-16H2,1-14H3;15-19,32H,1-14H3. The average Bonchev–Trinajstić information content (AvgIpc) is 3.45. The lowest BCUT2D eigenvalue weighted by Crippen LogP contribution is -2.17. The zero-order chi connectivity index (χ0) is 54.9. The summed E-state index contributed by atoms with van der Waals surface area (Å²) in [5.74, 6) is 0. The molecule has 72 heavy (non-hydrogen) atoms. The van der Waals surface area contributed by atoms with E-state index in [1.54, 1.807) is 0 Å². The van der Waals surface area contributed by atoms with Gasteiger partial charge in [0.15, 0.2) is 0 Å². The van der Waals surface area contributed by atoms with Crippen molar-refractivity contribution in [2.24, 2.45) is 0 Å². The van der Waals surface area contributed by atoms with Gasteiger partial charge in [-0.1, -0.05) is 204 Å². The van der Waals surface area contributed by atoms with E-state index in [2.05, 4.69) is 253 Å². The summed E-state index contributed by atoms with van der Waals surface area (Å²) in [6.45, 7) is 63.6. The monoisotopic (exact) mass is 1020 g/mol. The molecule has 0 saturated heterocycles. The van der Waals surface area contributed by atoms with Crippen molar-refractivity contribution in [2.45, 2.75) is 262 Å². The lowest BCUT2D eigenvalue weighted by atomic mass is 9.77. The SMILES string of the molecule is CC(C)Np1oc2c(C(C)(C)C)cc(C(C)(C)C)cc2c2cc(C(C)(C)C)cc(C(C)(C)C)c2o1.CCC(CC)Np1oc2c(C(C)(C)C)cc(C(C)(C)C)cc2c2cc(C(C)(C)C)cc(C(C)(C)C)c2o1. The molecule has 400 valence electrons. The van der Waals surface area contributed by atoms with E-state index in [1.165, 1.54) is 44.5 Å². The highest BCUT2D eigenvalue weighted by molar-refractivity contribution is 7.39. The normalized spacial score (nSPS) is 13.8. The Labute approximate surface area is 440 Å². The lowest BCUT2D eigenvalue weighted by molar-refractivity contribution is 0.553. The highest BCUT2D eigenvalue weighted by atomic mass is 31.1. The first-order valence-corrected chi connectivity index (χ1v) is 29.4. The first-order valence-electron chi connectivity index (χ1n) is 27.1. The van der Waals surface area contributed by atoms with Crippen molar-refractivity contribution < 1.29 is 16.8 Å². The van der Waals surface area contributed by atoms with Crippen LogP contribution in [0.25, 0.3) is 43.9 Å². The first kappa shape index (κ1) is 59.5. The third-order valence-corrected chi connectivity index (χ3v) is 16.7. The van der Waals surface area contributed by atoms with Gasteiger partial charge < -0.3 is 16.8 Å². The fraction of sp³-hybridized carbons (Fsp3) is 0.625. The molecular weight excluding hydrogens is 923 g/mol. The van der Waals surface area contributed by atoms with Crippen LogP contribution in [0.1, 0.15) is 251 Å². The van der Waals surface area contributed by atoms with Gasteiger partial charge in [-0.25, -0.2) is 10.2 Å². The summed E-state index contributed by atoms with van der Waals surface area (Å²) in [6, 6.07) is 19.4. The van der Waals surface area contributed by atoms with E-state index in [1.807, 2.05) is 0 Å². The maximum atomic E-state index is 6.92. The van der Waals surface area contributed by atoms with Gasteiger partial charge in [0.25, 0.3) is 0 Å².